The van der Waals surface area contributed by atoms with Gasteiger partial charge >= 0.3 is 0 Å². The maximum absolute atomic E-state index is 12.9. The van der Waals surface area contributed by atoms with Gasteiger partial charge in [-0.3, -0.25) is 18.6 Å². The molecule has 0 N–H and O–H groups in total. The van der Waals surface area contributed by atoms with Crippen molar-refractivity contribution in [3.8, 4) is 0 Å². The van der Waals surface area contributed by atoms with Gasteiger partial charge in [0.2, 0.25) is 11.7 Å². The minimum absolute atomic E-state index is 0.105. The van der Waals surface area contributed by atoms with Gasteiger partial charge in [0.25, 0.3) is 5.56 Å². The van der Waals surface area contributed by atoms with Gasteiger partial charge in [0.05, 0.1) is 26.7 Å². The van der Waals surface area contributed by atoms with Crippen molar-refractivity contribution in [1.29, 1.82) is 0 Å². The Kier molecular flexibility index (Phi) is 6.55. The number of thioether (sulfide) groups is 1. The number of hydrogen-bond acceptors (Lipinski definition) is 5. The molecule has 0 spiro atoms. The molecule has 4 rings (SSSR count). The second-order valence-electron chi connectivity index (χ2n) is 7.09. The van der Waals surface area contributed by atoms with Crippen molar-refractivity contribution in [2.75, 3.05) is 12.8 Å². The van der Waals surface area contributed by atoms with Crippen LogP contribution in [0.1, 0.15) is 5.56 Å². The highest BCUT2D eigenvalue weighted by Gasteiger charge is 2.18. The molecule has 2 aromatic heterocycles. The molecular weight excluding hydrogens is 469 g/mol. The summed E-state index contributed by atoms with van der Waals surface area (Å²) in [5.41, 5.74) is 1.30. The lowest BCUT2D eigenvalue weighted by atomic mass is 10.2. The Morgan fingerprint density at radius 2 is 1.97 bits per heavy atom. The Hall–Kier alpha value is -2.81. The Balaban J connectivity index is 1.61. The molecule has 1 amide bonds. The zero-order valence-corrected chi connectivity index (χ0v) is 19.5. The van der Waals surface area contributed by atoms with Crippen molar-refractivity contribution in [1.82, 2.24) is 24.1 Å². The predicted molar refractivity (Wildman–Crippen MR) is 129 cm³/mol. The molecule has 0 saturated carbocycles. The summed E-state index contributed by atoms with van der Waals surface area (Å²) >= 11 is 13.6. The van der Waals surface area contributed by atoms with E-state index >= 15 is 0 Å². The van der Waals surface area contributed by atoms with Gasteiger partial charge in [0, 0.05) is 20.1 Å². The Labute approximate surface area is 198 Å². The molecule has 0 unspecified atom stereocenters. The van der Waals surface area contributed by atoms with Gasteiger partial charge in [-0.1, -0.05) is 65.3 Å². The summed E-state index contributed by atoms with van der Waals surface area (Å²) in [6, 6.07) is 12.6. The van der Waals surface area contributed by atoms with E-state index in [9.17, 15) is 9.59 Å². The molecule has 4 aromatic rings. The second-order valence-corrected chi connectivity index (χ2v) is 8.82. The molecule has 0 saturated heterocycles. The molecule has 7 nitrogen and oxygen atoms in total. The highest BCUT2D eigenvalue weighted by atomic mass is 35.5. The fourth-order valence-corrected chi connectivity index (χ4v) is 4.63. The number of rotatable bonds is 7. The maximum Gasteiger partial charge on any atom is 0.263 e. The lowest BCUT2D eigenvalue weighted by molar-refractivity contribution is -0.127. The molecule has 32 heavy (non-hydrogen) atoms. The zero-order chi connectivity index (χ0) is 22.8. The van der Waals surface area contributed by atoms with E-state index in [0.29, 0.717) is 45.0 Å². The molecule has 0 aliphatic rings. The first-order valence-corrected chi connectivity index (χ1v) is 11.4. The van der Waals surface area contributed by atoms with Crippen molar-refractivity contribution < 1.29 is 4.79 Å². The van der Waals surface area contributed by atoms with Crippen LogP contribution in [0.4, 0.5) is 0 Å². The van der Waals surface area contributed by atoms with Gasteiger partial charge in [-0.05, 0) is 23.8 Å². The van der Waals surface area contributed by atoms with Crippen LogP contribution >= 0.6 is 35.0 Å². The van der Waals surface area contributed by atoms with E-state index in [1.807, 2.05) is 24.3 Å². The van der Waals surface area contributed by atoms with Crippen molar-refractivity contribution >= 4 is 57.6 Å². The number of aromatic nitrogens is 4. The molecule has 0 aliphatic carbocycles. The minimum atomic E-state index is -0.161. The van der Waals surface area contributed by atoms with Crippen LogP contribution in [-0.4, -0.2) is 42.8 Å². The summed E-state index contributed by atoms with van der Waals surface area (Å²) in [5, 5.41) is 10.4. The molecule has 2 heterocycles. The lowest BCUT2D eigenvalue weighted by Gasteiger charge is -2.18. The smallest absolute Gasteiger partial charge is 0.263 e. The zero-order valence-electron chi connectivity index (χ0n) is 17.2. The van der Waals surface area contributed by atoms with Crippen LogP contribution in [0.25, 0.3) is 16.7 Å². The molecule has 0 atom stereocenters. The average Bonchev–Trinajstić information content (AvgIpc) is 3.22. The largest absolute Gasteiger partial charge is 0.341 e. The minimum Gasteiger partial charge on any atom is -0.341 e. The number of carbonyl (C=O) groups excluding carboxylic acids is 1. The van der Waals surface area contributed by atoms with Crippen LogP contribution in [0.15, 0.2) is 65.1 Å². The van der Waals surface area contributed by atoms with Crippen molar-refractivity contribution in [2.45, 2.75) is 18.2 Å². The molecule has 0 aliphatic heterocycles. The van der Waals surface area contributed by atoms with Crippen LogP contribution in [0.2, 0.25) is 10.0 Å². The van der Waals surface area contributed by atoms with Gasteiger partial charge in [-0.15, -0.1) is 16.8 Å². The fourth-order valence-electron chi connectivity index (χ4n) is 3.37. The van der Waals surface area contributed by atoms with Crippen molar-refractivity contribution in [2.24, 2.45) is 0 Å². The van der Waals surface area contributed by atoms with Crippen LogP contribution in [-0.2, 0) is 17.9 Å². The van der Waals surface area contributed by atoms with E-state index < -0.39 is 0 Å². The standard InChI is InChI=1S/C22H19Cl2N5O2S/c1-3-11-28-20(31)15-8-4-5-10-17(15)29-21(28)25-26-22(29)32-13-18(30)27(2)12-14-7-6-9-16(23)19(14)24/h3-10H,1,11-13H2,2H3. The van der Waals surface area contributed by atoms with Gasteiger partial charge in [0.1, 0.15) is 0 Å². The number of amides is 1. The molecule has 0 bridgehead atoms. The summed E-state index contributed by atoms with van der Waals surface area (Å²) in [7, 11) is 1.71. The van der Waals surface area contributed by atoms with E-state index in [0.717, 1.165) is 5.56 Å². The first-order valence-electron chi connectivity index (χ1n) is 9.69. The predicted octanol–water partition coefficient (Wildman–Crippen LogP) is 4.29. The number of carbonyl (C=O) groups is 1. The van der Waals surface area contributed by atoms with Crippen LogP contribution < -0.4 is 5.56 Å². The summed E-state index contributed by atoms with van der Waals surface area (Å²) in [6.45, 7) is 4.36. The van der Waals surface area contributed by atoms with Gasteiger partial charge < -0.3 is 4.90 Å². The second kappa shape index (κ2) is 9.36. The summed E-state index contributed by atoms with van der Waals surface area (Å²) in [6.07, 6.45) is 1.64. The SMILES string of the molecule is C=CCn1c(=O)c2ccccc2n2c(SCC(=O)N(C)Cc3cccc(Cl)c3Cl)nnc12. The average molecular weight is 488 g/mol. The first-order chi connectivity index (χ1) is 15.4. The van der Waals surface area contributed by atoms with Crippen LogP contribution in [0.3, 0.4) is 0 Å². The molecule has 2 aromatic carbocycles. The fraction of sp³-hybridized carbons (Fsp3) is 0.182. The number of benzene rings is 2. The molecule has 0 fully saturated rings. The van der Waals surface area contributed by atoms with Gasteiger partial charge in [-0.25, -0.2) is 0 Å². The first kappa shape index (κ1) is 22.4. The van der Waals surface area contributed by atoms with E-state index in [1.165, 1.54) is 16.3 Å². The number of nitrogens with zero attached hydrogens (tertiary/aromatic N) is 5. The van der Waals surface area contributed by atoms with Crippen molar-refractivity contribution in [3.63, 3.8) is 0 Å². The van der Waals surface area contributed by atoms with Gasteiger partial charge in [-0.2, -0.15) is 0 Å². The number of halogens is 2. The van der Waals surface area contributed by atoms with E-state index in [2.05, 4.69) is 16.8 Å². The highest BCUT2D eigenvalue weighted by Crippen LogP contribution is 2.27. The van der Waals surface area contributed by atoms with E-state index in [-0.39, 0.29) is 17.2 Å². The highest BCUT2D eigenvalue weighted by molar-refractivity contribution is 7.99. The molecule has 164 valence electrons. The maximum atomic E-state index is 12.9. The number of fused-ring (bicyclic) bond motifs is 3. The summed E-state index contributed by atoms with van der Waals surface area (Å²) in [5.74, 6) is 0.443. The van der Waals surface area contributed by atoms with Crippen LogP contribution in [0, 0.1) is 0 Å². The lowest BCUT2D eigenvalue weighted by Crippen LogP contribution is -2.28. The normalized spacial score (nSPS) is 11.2. The summed E-state index contributed by atoms with van der Waals surface area (Å²) < 4.78 is 3.31. The van der Waals surface area contributed by atoms with Gasteiger partial charge in [0.15, 0.2) is 5.16 Å². The topological polar surface area (TPSA) is 72.5 Å². The third-order valence-electron chi connectivity index (χ3n) is 4.98. The number of hydrogen-bond donors (Lipinski definition) is 0. The third-order valence-corrected chi connectivity index (χ3v) is 6.75. The van der Waals surface area contributed by atoms with Crippen molar-refractivity contribution in [3.05, 3.63) is 81.1 Å². The number of para-hydroxylation sites is 1. The molecule has 10 heteroatoms. The number of allylic oxidation sites excluding steroid dienone is 1. The Morgan fingerprint density at radius 3 is 2.75 bits per heavy atom. The summed E-state index contributed by atoms with van der Waals surface area (Å²) in [4.78, 5) is 27.2. The van der Waals surface area contributed by atoms with E-state index in [1.54, 1.807) is 40.6 Å². The Bertz CT molecular complexity index is 1400. The Morgan fingerprint density at radius 1 is 1.19 bits per heavy atom. The molecule has 0 radical (unpaired) electrons. The van der Waals surface area contributed by atoms with Crippen LogP contribution in [0.5, 0.6) is 0 Å². The third kappa shape index (κ3) is 4.13. The molecular formula is C22H19Cl2N5O2S. The quantitative estimate of drug-likeness (QED) is 0.287. The monoisotopic (exact) mass is 487 g/mol. The van der Waals surface area contributed by atoms with E-state index in [4.69, 9.17) is 23.2 Å².